The van der Waals surface area contributed by atoms with E-state index < -0.39 is 10.0 Å². The molecule has 1 aliphatic heterocycles. The van der Waals surface area contributed by atoms with Crippen LogP contribution in [0.3, 0.4) is 0 Å². The third-order valence-corrected chi connectivity index (χ3v) is 6.61. The highest BCUT2D eigenvalue weighted by atomic mass is 32.2. The highest BCUT2D eigenvalue weighted by Gasteiger charge is 2.28. The van der Waals surface area contributed by atoms with Gasteiger partial charge in [-0.1, -0.05) is 43.7 Å². The summed E-state index contributed by atoms with van der Waals surface area (Å²) in [5.74, 6) is 0.0325. The van der Waals surface area contributed by atoms with Gasteiger partial charge in [0.2, 0.25) is 5.91 Å². The lowest BCUT2D eigenvalue weighted by Crippen LogP contribution is -2.35. The number of hydrogen-bond acceptors (Lipinski definition) is 4. The highest BCUT2D eigenvalue weighted by molar-refractivity contribution is 7.89. The summed E-state index contributed by atoms with van der Waals surface area (Å²) in [6.45, 7) is 3.69. The summed E-state index contributed by atoms with van der Waals surface area (Å²) >= 11 is 0. The maximum atomic E-state index is 12.6. The molecule has 1 fully saturated rings. The molecule has 0 radical (unpaired) electrons. The van der Waals surface area contributed by atoms with E-state index in [4.69, 9.17) is 0 Å². The minimum absolute atomic E-state index is 0.00912. The van der Waals surface area contributed by atoms with Crippen LogP contribution < -0.4 is 5.32 Å². The Labute approximate surface area is 160 Å². The van der Waals surface area contributed by atoms with E-state index in [2.05, 4.69) is 17.2 Å². The van der Waals surface area contributed by atoms with E-state index in [1.54, 1.807) is 0 Å². The molecule has 1 unspecified atom stereocenters. The number of rotatable bonds is 7. The van der Waals surface area contributed by atoms with Crippen LogP contribution in [0, 0.1) is 0 Å². The number of nitrogens with zero attached hydrogens (tertiary/aromatic N) is 3. The molecule has 1 atom stereocenters. The zero-order valence-corrected chi connectivity index (χ0v) is 16.4. The van der Waals surface area contributed by atoms with Crippen LogP contribution in [0.15, 0.2) is 47.9 Å². The molecule has 1 N–H and O–H groups in total. The van der Waals surface area contributed by atoms with Gasteiger partial charge in [-0.3, -0.25) is 4.79 Å². The van der Waals surface area contributed by atoms with Crippen molar-refractivity contribution in [2.45, 2.75) is 43.7 Å². The van der Waals surface area contributed by atoms with Gasteiger partial charge in [-0.2, -0.15) is 4.31 Å². The number of carbonyl (C=O) groups is 1. The molecule has 1 amide bonds. The van der Waals surface area contributed by atoms with E-state index in [0.29, 0.717) is 19.6 Å². The van der Waals surface area contributed by atoms with E-state index in [1.165, 1.54) is 21.4 Å². The number of amides is 1. The Morgan fingerprint density at radius 2 is 1.89 bits per heavy atom. The average Bonchev–Trinajstić information content (AvgIpc) is 3.17. The number of piperidine rings is 1. The average molecular weight is 391 g/mol. The summed E-state index contributed by atoms with van der Waals surface area (Å²) in [5.41, 5.74) is 1.16. The van der Waals surface area contributed by atoms with Gasteiger partial charge in [-0.15, -0.1) is 0 Å². The molecule has 1 aromatic carbocycles. The fourth-order valence-corrected chi connectivity index (χ4v) is 4.64. The molecule has 1 saturated heterocycles. The van der Waals surface area contributed by atoms with Crippen LogP contribution in [0.25, 0.3) is 0 Å². The quantitative estimate of drug-likeness (QED) is 0.783. The van der Waals surface area contributed by atoms with Crippen molar-refractivity contribution < 1.29 is 13.2 Å². The van der Waals surface area contributed by atoms with Crippen LogP contribution in [0.2, 0.25) is 0 Å². The topological polar surface area (TPSA) is 84.3 Å². The molecular formula is C19H26N4O3S. The molecular weight excluding hydrogens is 364 g/mol. The molecule has 0 saturated carbocycles. The number of benzene rings is 1. The van der Waals surface area contributed by atoms with Gasteiger partial charge in [0.05, 0.1) is 6.33 Å². The van der Waals surface area contributed by atoms with Crippen LogP contribution >= 0.6 is 0 Å². The van der Waals surface area contributed by atoms with Crippen molar-refractivity contribution in [3.05, 3.63) is 48.4 Å². The monoisotopic (exact) mass is 390 g/mol. The summed E-state index contributed by atoms with van der Waals surface area (Å²) in [6.07, 6.45) is 5.65. The lowest BCUT2D eigenvalue weighted by atomic mass is 10.0. The minimum Gasteiger partial charge on any atom is -0.354 e. The maximum Gasteiger partial charge on any atom is 0.262 e. The first-order valence-electron chi connectivity index (χ1n) is 9.30. The Bertz CT molecular complexity index is 858. The molecule has 2 heterocycles. The van der Waals surface area contributed by atoms with Crippen molar-refractivity contribution in [1.29, 1.82) is 0 Å². The van der Waals surface area contributed by atoms with E-state index in [9.17, 15) is 13.2 Å². The maximum absolute atomic E-state index is 12.6. The van der Waals surface area contributed by atoms with Gasteiger partial charge in [-0.25, -0.2) is 13.4 Å². The predicted octanol–water partition coefficient (Wildman–Crippen LogP) is 1.98. The Morgan fingerprint density at radius 3 is 2.59 bits per heavy atom. The van der Waals surface area contributed by atoms with Crippen molar-refractivity contribution >= 4 is 15.9 Å². The lowest BCUT2D eigenvalue weighted by molar-refractivity contribution is -0.121. The van der Waals surface area contributed by atoms with E-state index in [1.807, 2.05) is 30.3 Å². The first-order valence-corrected chi connectivity index (χ1v) is 10.7. The van der Waals surface area contributed by atoms with Crippen LogP contribution in [0.1, 0.15) is 37.7 Å². The molecule has 0 bridgehead atoms. The zero-order valence-electron chi connectivity index (χ0n) is 15.5. The molecule has 0 spiro atoms. The van der Waals surface area contributed by atoms with Crippen molar-refractivity contribution in [3.8, 4) is 0 Å². The summed E-state index contributed by atoms with van der Waals surface area (Å²) in [6, 6.07) is 9.98. The Morgan fingerprint density at radius 1 is 1.19 bits per heavy atom. The van der Waals surface area contributed by atoms with Gasteiger partial charge in [0, 0.05) is 25.8 Å². The van der Waals surface area contributed by atoms with Gasteiger partial charge in [0.15, 0.2) is 5.03 Å². The third kappa shape index (κ3) is 4.95. The molecule has 1 aromatic heterocycles. The Hall–Kier alpha value is -2.19. The number of aromatic nitrogens is 2. The second-order valence-electron chi connectivity index (χ2n) is 6.96. The first-order chi connectivity index (χ1) is 13.0. The molecule has 8 heteroatoms. The van der Waals surface area contributed by atoms with E-state index >= 15 is 0 Å². The summed E-state index contributed by atoms with van der Waals surface area (Å²) in [7, 11) is -3.57. The zero-order chi connectivity index (χ0) is 19.3. The fourth-order valence-electron chi connectivity index (χ4n) is 3.18. The Balaban J connectivity index is 1.55. The number of sulfonamides is 1. The van der Waals surface area contributed by atoms with Gasteiger partial charge in [-0.05, 0) is 24.3 Å². The standard InChI is InChI=1S/C19H26N4O3S/c1-16(17-8-4-2-5-9-17)12-20-18(24)13-22-14-19(21-15-22)27(25,26)23-10-6-3-7-11-23/h2,4-5,8-9,14-16H,3,6-7,10-13H2,1H3,(H,20,24). The molecule has 7 nitrogen and oxygen atoms in total. The predicted molar refractivity (Wildman–Crippen MR) is 103 cm³/mol. The SMILES string of the molecule is CC(CNC(=O)Cn1cnc(S(=O)(=O)N2CCCCC2)c1)c1ccccc1. The second kappa shape index (κ2) is 8.67. The molecule has 1 aliphatic rings. The molecule has 146 valence electrons. The smallest absolute Gasteiger partial charge is 0.262 e. The Kier molecular flexibility index (Phi) is 6.28. The largest absolute Gasteiger partial charge is 0.354 e. The number of hydrogen-bond donors (Lipinski definition) is 1. The summed E-state index contributed by atoms with van der Waals surface area (Å²) in [5, 5.41) is 2.90. The second-order valence-corrected chi connectivity index (χ2v) is 8.85. The van der Waals surface area contributed by atoms with Crippen molar-refractivity contribution in [2.24, 2.45) is 0 Å². The van der Waals surface area contributed by atoms with Crippen molar-refractivity contribution in [1.82, 2.24) is 19.2 Å². The van der Waals surface area contributed by atoms with Crippen LogP contribution in [0.5, 0.6) is 0 Å². The van der Waals surface area contributed by atoms with Gasteiger partial charge in [0.1, 0.15) is 6.54 Å². The summed E-state index contributed by atoms with van der Waals surface area (Å²) in [4.78, 5) is 16.2. The normalized spacial score (nSPS) is 16.8. The summed E-state index contributed by atoms with van der Waals surface area (Å²) < 4.78 is 28.2. The highest BCUT2D eigenvalue weighted by Crippen LogP contribution is 2.19. The number of nitrogens with one attached hydrogen (secondary N) is 1. The minimum atomic E-state index is -3.57. The first kappa shape index (κ1) is 19.6. The van der Waals surface area contributed by atoms with Crippen molar-refractivity contribution in [3.63, 3.8) is 0 Å². The van der Waals surface area contributed by atoms with E-state index in [0.717, 1.165) is 24.8 Å². The molecule has 0 aliphatic carbocycles. The number of imidazole rings is 1. The molecule has 27 heavy (non-hydrogen) atoms. The fraction of sp³-hybridized carbons (Fsp3) is 0.474. The third-order valence-electron chi connectivity index (χ3n) is 4.83. The van der Waals surface area contributed by atoms with Crippen LogP contribution in [-0.4, -0.2) is 47.8 Å². The van der Waals surface area contributed by atoms with Crippen LogP contribution in [0.4, 0.5) is 0 Å². The van der Waals surface area contributed by atoms with Gasteiger partial charge >= 0.3 is 0 Å². The van der Waals surface area contributed by atoms with Gasteiger partial charge in [0.25, 0.3) is 10.0 Å². The van der Waals surface area contributed by atoms with Crippen LogP contribution in [-0.2, 0) is 21.4 Å². The number of carbonyl (C=O) groups excluding carboxylic acids is 1. The molecule has 3 rings (SSSR count). The van der Waals surface area contributed by atoms with Gasteiger partial charge < -0.3 is 9.88 Å². The lowest BCUT2D eigenvalue weighted by Gasteiger charge is -2.24. The molecule has 2 aromatic rings. The van der Waals surface area contributed by atoms with E-state index in [-0.39, 0.29) is 23.4 Å². The van der Waals surface area contributed by atoms with Crippen molar-refractivity contribution in [2.75, 3.05) is 19.6 Å².